The first-order valence-corrected chi connectivity index (χ1v) is 6.65. The quantitative estimate of drug-likeness (QED) is 0.843. The molecule has 1 saturated carbocycles. The van der Waals surface area contributed by atoms with Gasteiger partial charge in [0.2, 0.25) is 0 Å². The van der Waals surface area contributed by atoms with Crippen LogP contribution in [0.4, 0.5) is 13.2 Å². The number of likely N-dealkylation sites (N-methyl/N-ethyl adjacent to an activating group) is 1. The largest absolute Gasteiger partial charge is 0.414 e. The lowest BCUT2D eigenvalue weighted by Gasteiger charge is -2.39. The molecule has 0 aromatic heterocycles. The SMILES string of the molecule is CNC1CCC(C(C)C)CC1OC(C)C(F)(F)F. The van der Waals surface area contributed by atoms with Gasteiger partial charge in [-0.15, -0.1) is 0 Å². The van der Waals surface area contributed by atoms with Crippen molar-refractivity contribution in [3.05, 3.63) is 0 Å². The fourth-order valence-corrected chi connectivity index (χ4v) is 2.59. The van der Waals surface area contributed by atoms with Crippen LogP contribution in [0.3, 0.4) is 0 Å². The molecule has 0 aromatic rings. The van der Waals surface area contributed by atoms with E-state index in [9.17, 15) is 13.2 Å². The van der Waals surface area contributed by atoms with Gasteiger partial charge in [0.25, 0.3) is 0 Å². The normalized spacial score (nSPS) is 31.7. The standard InChI is InChI=1S/C13H24F3NO/c1-8(2)10-5-6-11(17-4)12(7-10)18-9(3)13(14,15)16/h8-12,17H,5-7H2,1-4H3. The molecule has 0 aliphatic heterocycles. The molecule has 0 amide bonds. The fraction of sp³-hybridized carbons (Fsp3) is 1.00. The number of halogens is 3. The van der Waals surface area contributed by atoms with E-state index in [1.54, 1.807) is 7.05 Å². The van der Waals surface area contributed by atoms with Gasteiger partial charge in [-0.3, -0.25) is 0 Å². The van der Waals surface area contributed by atoms with Crippen molar-refractivity contribution < 1.29 is 17.9 Å². The molecule has 1 N–H and O–H groups in total. The molecule has 2 nitrogen and oxygen atoms in total. The van der Waals surface area contributed by atoms with Crippen LogP contribution in [-0.4, -0.2) is 31.5 Å². The summed E-state index contributed by atoms with van der Waals surface area (Å²) in [4.78, 5) is 0. The summed E-state index contributed by atoms with van der Waals surface area (Å²) in [6.45, 7) is 5.33. The third-order valence-electron chi connectivity index (χ3n) is 3.99. The van der Waals surface area contributed by atoms with E-state index in [4.69, 9.17) is 4.74 Å². The Balaban J connectivity index is 2.63. The van der Waals surface area contributed by atoms with Crippen LogP contribution in [0.15, 0.2) is 0 Å². The molecule has 0 aromatic carbocycles. The van der Waals surface area contributed by atoms with Crippen molar-refractivity contribution in [2.24, 2.45) is 11.8 Å². The summed E-state index contributed by atoms with van der Waals surface area (Å²) in [5, 5.41) is 3.08. The Morgan fingerprint density at radius 2 is 1.78 bits per heavy atom. The van der Waals surface area contributed by atoms with E-state index < -0.39 is 12.3 Å². The molecule has 1 fully saturated rings. The van der Waals surface area contributed by atoms with Crippen molar-refractivity contribution in [2.45, 2.75) is 64.5 Å². The van der Waals surface area contributed by atoms with Crippen LogP contribution in [-0.2, 0) is 4.74 Å². The van der Waals surface area contributed by atoms with Gasteiger partial charge in [0.1, 0.15) is 0 Å². The van der Waals surface area contributed by atoms with Gasteiger partial charge in [-0.05, 0) is 45.1 Å². The number of hydrogen-bond donors (Lipinski definition) is 1. The first-order chi connectivity index (χ1) is 8.25. The molecule has 4 atom stereocenters. The summed E-state index contributed by atoms with van der Waals surface area (Å²) < 4.78 is 42.9. The van der Waals surface area contributed by atoms with Gasteiger partial charge in [-0.2, -0.15) is 13.2 Å². The second-order valence-corrected chi connectivity index (χ2v) is 5.57. The lowest BCUT2D eigenvalue weighted by molar-refractivity contribution is -0.233. The van der Waals surface area contributed by atoms with Crippen LogP contribution in [0.5, 0.6) is 0 Å². The second-order valence-electron chi connectivity index (χ2n) is 5.57. The first kappa shape index (κ1) is 15.8. The maximum atomic E-state index is 12.5. The maximum absolute atomic E-state index is 12.5. The molecule has 1 aliphatic rings. The van der Waals surface area contributed by atoms with Crippen molar-refractivity contribution in [3.8, 4) is 0 Å². The van der Waals surface area contributed by atoms with E-state index in [2.05, 4.69) is 19.2 Å². The van der Waals surface area contributed by atoms with Crippen LogP contribution in [0.1, 0.15) is 40.0 Å². The zero-order valence-corrected chi connectivity index (χ0v) is 11.6. The highest BCUT2D eigenvalue weighted by molar-refractivity contribution is 4.87. The average Bonchev–Trinajstić information content (AvgIpc) is 2.27. The lowest BCUT2D eigenvalue weighted by Crippen LogP contribution is -2.48. The summed E-state index contributed by atoms with van der Waals surface area (Å²) in [5.74, 6) is 0.954. The minimum Gasteiger partial charge on any atom is -0.364 e. The Kier molecular flexibility index (Phi) is 5.46. The molecule has 18 heavy (non-hydrogen) atoms. The van der Waals surface area contributed by atoms with Crippen molar-refractivity contribution in [1.29, 1.82) is 0 Å². The lowest BCUT2D eigenvalue weighted by atomic mass is 9.78. The van der Waals surface area contributed by atoms with Crippen molar-refractivity contribution in [3.63, 3.8) is 0 Å². The number of rotatable bonds is 4. The van der Waals surface area contributed by atoms with Crippen LogP contribution >= 0.6 is 0 Å². The Hall–Kier alpha value is -0.290. The molecule has 1 rings (SSSR count). The molecule has 0 spiro atoms. The highest BCUT2D eigenvalue weighted by Crippen LogP contribution is 2.34. The number of alkyl halides is 3. The number of nitrogens with one attached hydrogen (secondary N) is 1. The van der Waals surface area contributed by atoms with E-state index in [0.717, 1.165) is 19.8 Å². The third-order valence-corrected chi connectivity index (χ3v) is 3.99. The van der Waals surface area contributed by atoms with Crippen LogP contribution in [0, 0.1) is 11.8 Å². The molecule has 5 heteroatoms. The first-order valence-electron chi connectivity index (χ1n) is 6.65. The molecule has 0 heterocycles. The maximum Gasteiger partial charge on any atom is 0.414 e. The van der Waals surface area contributed by atoms with Gasteiger partial charge in [0.05, 0.1) is 6.10 Å². The second kappa shape index (κ2) is 6.24. The van der Waals surface area contributed by atoms with Crippen LogP contribution in [0.25, 0.3) is 0 Å². The molecule has 0 saturated heterocycles. The zero-order chi connectivity index (χ0) is 13.9. The summed E-state index contributed by atoms with van der Waals surface area (Å²) in [6.07, 6.45) is -3.65. The summed E-state index contributed by atoms with van der Waals surface area (Å²) >= 11 is 0. The molecule has 4 unspecified atom stereocenters. The Bertz CT molecular complexity index is 255. The van der Waals surface area contributed by atoms with Gasteiger partial charge >= 0.3 is 6.18 Å². The topological polar surface area (TPSA) is 21.3 Å². The van der Waals surface area contributed by atoms with Crippen molar-refractivity contribution >= 4 is 0 Å². The predicted molar refractivity (Wildman–Crippen MR) is 65.4 cm³/mol. The van der Waals surface area contributed by atoms with E-state index in [0.29, 0.717) is 18.3 Å². The Labute approximate surface area is 107 Å². The van der Waals surface area contributed by atoms with Gasteiger partial charge in [0, 0.05) is 6.04 Å². The van der Waals surface area contributed by atoms with E-state index in [1.165, 1.54) is 0 Å². The van der Waals surface area contributed by atoms with Gasteiger partial charge in [-0.25, -0.2) is 0 Å². The molecular formula is C13H24F3NO. The van der Waals surface area contributed by atoms with Crippen molar-refractivity contribution in [1.82, 2.24) is 5.32 Å². The third kappa shape index (κ3) is 4.12. The van der Waals surface area contributed by atoms with Gasteiger partial charge in [0.15, 0.2) is 6.10 Å². The molecule has 1 aliphatic carbocycles. The molecule has 0 radical (unpaired) electrons. The van der Waals surface area contributed by atoms with Crippen LogP contribution in [0.2, 0.25) is 0 Å². The van der Waals surface area contributed by atoms with E-state index in [-0.39, 0.29) is 12.1 Å². The molecular weight excluding hydrogens is 243 g/mol. The number of ether oxygens (including phenoxy) is 1. The zero-order valence-electron chi connectivity index (χ0n) is 11.6. The highest BCUT2D eigenvalue weighted by Gasteiger charge is 2.41. The smallest absolute Gasteiger partial charge is 0.364 e. The number of hydrogen-bond acceptors (Lipinski definition) is 2. The highest BCUT2D eigenvalue weighted by atomic mass is 19.4. The van der Waals surface area contributed by atoms with Gasteiger partial charge < -0.3 is 10.1 Å². The van der Waals surface area contributed by atoms with E-state index >= 15 is 0 Å². The fourth-order valence-electron chi connectivity index (χ4n) is 2.59. The summed E-state index contributed by atoms with van der Waals surface area (Å²) in [7, 11) is 1.79. The minimum absolute atomic E-state index is 0.0322. The summed E-state index contributed by atoms with van der Waals surface area (Å²) in [6, 6.07) is 0.0322. The van der Waals surface area contributed by atoms with Gasteiger partial charge in [-0.1, -0.05) is 13.8 Å². The molecule has 0 bridgehead atoms. The minimum atomic E-state index is -4.27. The Morgan fingerprint density at radius 3 is 2.22 bits per heavy atom. The summed E-state index contributed by atoms with van der Waals surface area (Å²) in [5.41, 5.74) is 0. The van der Waals surface area contributed by atoms with Crippen LogP contribution < -0.4 is 5.32 Å². The molecule has 108 valence electrons. The van der Waals surface area contributed by atoms with Crippen molar-refractivity contribution in [2.75, 3.05) is 7.05 Å². The van der Waals surface area contributed by atoms with E-state index in [1.807, 2.05) is 0 Å². The monoisotopic (exact) mass is 267 g/mol. The average molecular weight is 267 g/mol. The predicted octanol–water partition coefficient (Wildman–Crippen LogP) is 3.37. The Morgan fingerprint density at radius 1 is 1.17 bits per heavy atom.